The number of carbonyl (C=O) groups is 1. The molecule has 1 amide bonds. The number of phosphoric acid groups is 1. The number of phosphoric ester groups is 1. The van der Waals surface area contributed by atoms with Gasteiger partial charge in [-0.25, -0.2) is 0 Å². The molecule has 0 aromatic carbocycles. The highest BCUT2D eigenvalue weighted by atomic mass is 31.2. The Labute approximate surface area is 444 Å². The molecule has 414 valence electrons. The van der Waals surface area contributed by atoms with Crippen LogP contribution in [0.25, 0.3) is 0 Å². The number of unbranched alkanes of at least 4 members (excludes halogenated alkanes) is 23. The van der Waals surface area contributed by atoms with Gasteiger partial charge in [-0.3, -0.25) is 9.36 Å². The van der Waals surface area contributed by atoms with Gasteiger partial charge in [0.1, 0.15) is 13.2 Å². The molecule has 0 rings (SSSR count). The lowest BCUT2D eigenvalue weighted by atomic mass is 10.0. The van der Waals surface area contributed by atoms with Gasteiger partial charge < -0.3 is 28.8 Å². The van der Waals surface area contributed by atoms with Crippen molar-refractivity contribution in [1.82, 2.24) is 5.32 Å². The van der Waals surface area contributed by atoms with Gasteiger partial charge in [0.25, 0.3) is 7.82 Å². The highest BCUT2D eigenvalue weighted by molar-refractivity contribution is 7.45. The number of carbonyl (C=O) groups excluding carboxylic acids is 1. The SMILES string of the molecule is CC/C=C\C/C=C\C/C=C\C/C=C\C/C=C\C/C=C\C/C=C\C/C=C\CCCCCCC(=O)NC(COP(=O)([O-])OCC[N+](C)(C)C)C(O)/C=C/CCCCCCCCCCCCCCCCCCCCC. The smallest absolute Gasteiger partial charge is 0.268 e. The number of aliphatic hydroxyl groups excluding tert-OH is 1. The van der Waals surface area contributed by atoms with E-state index in [0.29, 0.717) is 17.4 Å². The zero-order valence-electron chi connectivity index (χ0n) is 47.1. The molecule has 0 fully saturated rings. The van der Waals surface area contributed by atoms with E-state index < -0.39 is 26.6 Å². The van der Waals surface area contributed by atoms with Gasteiger partial charge in [0.05, 0.1) is 39.9 Å². The zero-order valence-corrected chi connectivity index (χ0v) is 48.0. The lowest BCUT2D eigenvalue weighted by molar-refractivity contribution is -0.870. The van der Waals surface area contributed by atoms with E-state index in [1.165, 1.54) is 109 Å². The lowest BCUT2D eigenvalue weighted by Crippen LogP contribution is -2.45. The molecule has 8 nitrogen and oxygen atoms in total. The first-order valence-electron chi connectivity index (χ1n) is 29.2. The molecule has 0 aliphatic heterocycles. The molecule has 0 radical (unpaired) electrons. The zero-order chi connectivity index (χ0) is 52.7. The second-order valence-corrected chi connectivity index (χ2v) is 22.0. The molecule has 0 aliphatic rings. The average Bonchev–Trinajstić information content (AvgIpc) is 3.34. The molecule has 0 bridgehead atoms. The van der Waals surface area contributed by atoms with E-state index in [4.69, 9.17) is 9.05 Å². The number of hydrogen-bond acceptors (Lipinski definition) is 6. The molecule has 2 N–H and O–H groups in total. The predicted molar refractivity (Wildman–Crippen MR) is 311 cm³/mol. The fraction of sp³-hybridized carbons (Fsp3) is 0.698. The Bertz CT molecular complexity index is 1540. The number of hydrogen-bond donors (Lipinski definition) is 2. The van der Waals surface area contributed by atoms with Gasteiger partial charge in [-0.15, -0.1) is 0 Å². The second kappa shape index (κ2) is 53.0. The molecular formula is C63H111N2O6P. The monoisotopic (exact) mass is 1020 g/mol. The van der Waals surface area contributed by atoms with Crippen LogP contribution in [0.2, 0.25) is 0 Å². The Hall–Kier alpha value is -2.84. The van der Waals surface area contributed by atoms with Crippen molar-refractivity contribution >= 4 is 13.7 Å². The van der Waals surface area contributed by atoms with Crippen molar-refractivity contribution in [2.75, 3.05) is 40.9 Å². The Morgan fingerprint density at radius 1 is 0.500 bits per heavy atom. The number of quaternary nitrogens is 1. The van der Waals surface area contributed by atoms with Crippen LogP contribution in [-0.4, -0.2) is 68.5 Å². The van der Waals surface area contributed by atoms with Gasteiger partial charge in [-0.2, -0.15) is 0 Å². The number of allylic oxidation sites excluding steroid dienone is 17. The minimum Gasteiger partial charge on any atom is -0.756 e. The van der Waals surface area contributed by atoms with Crippen molar-refractivity contribution < 1.29 is 32.9 Å². The summed E-state index contributed by atoms with van der Waals surface area (Å²) in [6.45, 7) is 4.52. The summed E-state index contributed by atoms with van der Waals surface area (Å²) in [5.74, 6) is -0.225. The highest BCUT2D eigenvalue weighted by Gasteiger charge is 2.23. The first-order valence-corrected chi connectivity index (χ1v) is 30.7. The van der Waals surface area contributed by atoms with Crippen LogP contribution in [0.15, 0.2) is 109 Å². The van der Waals surface area contributed by atoms with Crippen molar-refractivity contribution in [3.63, 3.8) is 0 Å². The fourth-order valence-electron chi connectivity index (χ4n) is 7.93. The van der Waals surface area contributed by atoms with E-state index in [1.807, 2.05) is 27.2 Å². The van der Waals surface area contributed by atoms with E-state index in [1.54, 1.807) is 6.08 Å². The maximum Gasteiger partial charge on any atom is 0.268 e. The van der Waals surface area contributed by atoms with E-state index in [2.05, 4.69) is 116 Å². The summed E-state index contributed by atoms with van der Waals surface area (Å²) in [6, 6.07) is -0.909. The van der Waals surface area contributed by atoms with Gasteiger partial charge in [0.15, 0.2) is 0 Å². The third-order valence-corrected chi connectivity index (χ3v) is 13.5. The number of rotatable bonds is 52. The summed E-state index contributed by atoms with van der Waals surface area (Å²) in [7, 11) is 1.23. The van der Waals surface area contributed by atoms with Crippen LogP contribution >= 0.6 is 7.82 Å². The minimum atomic E-state index is -4.61. The van der Waals surface area contributed by atoms with Gasteiger partial charge in [0, 0.05) is 6.42 Å². The maximum absolute atomic E-state index is 13.0. The highest BCUT2D eigenvalue weighted by Crippen LogP contribution is 2.38. The van der Waals surface area contributed by atoms with Crippen molar-refractivity contribution in [2.45, 2.75) is 244 Å². The van der Waals surface area contributed by atoms with Crippen LogP contribution in [-0.2, 0) is 18.4 Å². The third-order valence-electron chi connectivity index (χ3n) is 12.5. The molecule has 0 saturated heterocycles. The molecule has 0 saturated carbocycles. The Kier molecular flexibility index (Phi) is 50.9. The molecule has 9 heteroatoms. The lowest BCUT2D eigenvalue weighted by Gasteiger charge is -2.29. The van der Waals surface area contributed by atoms with Crippen molar-refractivity contribution in [1.29, 1.82) is 0 Å². The number of likely N-dealkylation sites (N-methyl/N-ethyl adjacent to an activating group) is 1. The van der Waals surface area contributed by atoms with Crippen LogP contribution in [0.3, 0.4) is 0 Å². The molecule has 0 aromatic heterocycles. The summed E-state index contributed by atoms with van der Waals surface area (Å²) in [4.78, 5) is 25.5. The van der Waals surface area contributed by atoms with Crippen LogP contribution in [0.1, 0.15) is 232 Å². The van der Waals surface area contributed by atoms with E-state index in [-0.39, 0.29) is 12.5 Å². The van der Waals surface area contributed by atoms with Gasteiger partial charge in [-0.1, -0.05) is 252 Å². The molecule has 3 atom stereocenters. The molecule has 0 aliphatic carbocycles. The first-order chi connectivity index (χ1) is 35.0. The van der Waals surface area contributed by atoms with Crippen molar-refractivity contribution in [3.8, 4) is 0 Å². The number of amides is 1. The summed E-state index contributed by atoms with van der Waals surface area (Å²) in [5, 5.41) is 13.9. The summed E-state index contributed by atoms with van der Waals surface area (Å²) in [6.07, 6.45) is 77.3. The molecule has 0 heterocycles. The Morgan fingerprint density at radius 3 is 1.24 bits per heavy atom. The summed E-state index contributed by atoms with van der Waals surface area (Å²) < 4.78 is 23.3. The van der Waals surface area contributed by atoms with E-state index in [9.17, 15) is 19.4 Å². The minimum absolute atomic E-state index is 0.0121. The first kappa shape index (κ1) is 69.2. The topological polar surface area (TPSA) is 108 Å². The summed E-state index contributed by atoms with van der Waals surface area (Å²) >= 11 is 0. The van der Waals surface area contributed by atoms with E-state index >= 15 is 0 Å². The number of nitrogens with one attached hydrogen (secondary N) is 1. The Morgan fingerprint density at radius 2 is 0.847 bits per heavy atom. The average molecular weight is 1020 g/mol. The molecule has 0 aromatic rings. The second-order valence-electron chi connectivity index (χ2n) is 20.6. The van der Waals surface area contributed by atoms with Gasteiger partial charge in [-0.05, 0) is 83.5 Å². The largest absolute Gasteiger partial charge is 0.756 e. The van der Waals surface area contributed by atoms with E-state index in [0.717, 1.165) is 103 Å². The molecule has 3 unspecified atom stereocenters. The van der Waals surface area contributed by atoms with Crippen molar-refractivity contribution in [3.05, 3.63) is 109 Å². The fourth-order valence-corrected chi connectivity index (χ4v) is 8.66. The van der Waals surface area contributed by atoms with Crippen LogP contribution in [0, 0.1) is 0 Å². The molecule has 72 heavy (non-hydrogen) atoms. The predicted octanol–water partition coefficient (Wildman–Crippen LogP) is 17.3. The van der Waals surface area contributed by atoms with Gasteiger partial charge >= 0.3 is 0 Å². The van der Waals surface area contributed by atoms with Gasteiger partial charge in [0.2, 0.25) is 5.91 Å². The van der Waals surface area contributed by atoms with Crippen LogP contribution < -0.4 is 10.2 Å². The number of aliphatic hydroxyl groups is 1. The van der Waals surface area contributed by atoms with Crippen LogP contribution in [0.4, 0.5) is 0 Å². The Balaban J connectivity index is 4.32. The maximum atomic E-state index is 13.0. The van der Waals surface area contributed by atoms with Crippen LogP contribution in [0.5, 0.6) is 0 Å². The standard InChI is InChI=1S/C63H111N2O6P/c1-6-8-10-12-14-16-18-20-22-24-26-28-29-30-31-32-33-34-35-37-39-41-43-45-47-49-51-53-55-57-63(67)64-61(60-71-72(68,69)70-59-58-65(3,4)5)62(66)56-54-52-50-48-46-44-42-40-38-36-27-25-23-21-19-17-15-13-11-9-7-2/h8,10,14,16,20,22,26,28,30-31,33-34,37,39,43,45,54,56,61-62,66H,6-7,9,11-13,15,17-19,21,23-25,27,29,32,35-36,38,40-42,44,46-53,55,57-60H2,1-5H3,(H-,64,67,68,69)/b10-8-,16-14-,22-20-,28-26-,31-30-,34-33-,39-37-,45-43-,56-54+. The normalized spacial score (nSPS) is 14.7. The molecule has 0 spiro atoms. The molecular weight excluding hydrogens is 912 g/mol. The quantitative estimate of drug-likeness (QED) is 0.0272. The van der Waals surface area contributed by atoms with Crippen molar-refractivity contribution in [2.24, 2.45) is 0 Å². The third kappa shape index (κ3) is 54.9. The summed E-state index contributed by atoms with van der Waals surface area (Å²) in [5.41, 5.74) is 0. The number of nitrogens with zero attached hydrogens (tertiary/aromatic N) is 1.